The summed E-state index contributed by atoms with van der Waals surface area (Å²) in [5.74, 6) is -0.0821. The molecule has 0 saturated carbocycles. The van der Waals surface area contributed by atoms with Crippen LogP contribution in [-0.2, 0) is 4.79 Å². The Balaban J connectivity index is 3.70. The second kappa shape index (κ2) is 32.1. The molecule has 4 nitrogen and oxygen atoms in total. The zero-order chi connectivity index (χ0) is 29.4. The van der Waals surface area contributed by atoms with E-state index in [1.165, 1.54) is 116 Å². The van der Waals surface area contributed by atoms with Crippen LogP contribution in [0.1, 0.15) is 168 Å². The summed E-state index contributed by atoms with van der Waals surface area (Å²) in [5, 5.41) is 22.8. The number of hydrogen-bond acceptors (Lipinski definition) is 3. The molecule has 40 heavy (non-hydrogen) atoms. The van der Waals surface area contributed by atoms with Crippen molar-refractivity contribution in [2.45, 2.75) is 180 Å². The van der Waals surface area contributed by atoms with Crippen LogP contribution in [0, 0.1) is 0 Å². The number of carbonyl (C=O) groups excluding carboxylic acids is 1. The summed E-state index contributed by atoms with van der Waals surface area (Å²) in [5.41, 5.74) is 0. The lowest BCUT2D eigenvalue weighted by atomic mass is 10.1. The van der Waals surface area contributed by atoms with E-state index >= 15 is 0 Å². The first-order chi connectivity index (χ1) is 19.7. The molecule has 0 aliphatic rings. The van der Waals surface area contributed by atoms with Crippen molar-refractivity contribution in [3.05, 3.63) is 36.5 Å². The highest BCUT2D eigenvalue weighted by atomic mass is 16.3. The maximum absolute atomic E-state index is 12.3. The molecule has 0 heterocycles. The Bertz CT molecular complexity index is 613. The Kier molecular flexibility index (Phi) is 31.0. The van der Waals surface area contributed by atoms with Gasteiger partial charge in [-0.1, -0.05) is 140 Å². The van der Waals surface area contributed by atoms with Crippen molar-refractivity contribution in [1.29, 1.82) is 0 Å². The largest absolute Gasteiger partial charge is 0.394 e. The fourth-order valence-corrected chi connectivity index (χ4v) is 4.89. The maximum Gasteiger partial charge on any atom is 0.220 e. The molecule has 0 aromatic carbocycles. The monoisotopic (exact) mass is 562 g/mol. The van der Waals surface area contributed by atoms with Crippen molar-refractivity contribution < 1.29 is 15.0 Å². The third kappa shape index (κ3) is 28.1. The molecule has 2 atom stereocenters. The van der Waals surface area contributed by atoms with Gasteiger partial charge in [0.1, 0.15) is 0 Å². The van der Waals surface area contributed by atoms with Gasteiger partial charge in [-0.05, 0) is 57.8 Å². The van der Waals surface area contributed by atoms with Crippen LogP contribution in [-0.4, -0.2) is 34.9 Å². The minimum absolute atomic E-state index is 0.0821. The number of rotatable bonds is 30. The molecule has 2 unspecified atom stereocenters. The smallest absolute Gasteiger partial charge is 0.220 e. The van der Waals surface area contributed by atoms with Gasteiger partial charge in [-0.2, -0.15) is 0 Å². The lowest BCUT2D eigenvalue weighted by Gasteiger charge is -2.19. The second-order valence-electron chi connectivity index (χ2n) is 11.6. The molecule has 0 aliphatic heterocycles. The Labute approximate surface area is 249 Å². The van der Waals surface area contributed by atoms with Crippen LogP contribution in [0.2, 0.25) is 0 Å². The van der Waals surface area contributed by atoms with Gasteiger partial charge in [0.2, 0.25) is 5.91 Å². The van der Waals surface area contributed by atoms with Gasteiger partial charge in [-0.3, -0.25) is 4.79 Å². The van der Waals surface area contributed by atoms with E-state index < -0.39 is 12.1 Å². The molecule has 234 valence electrons. The lowest BCUT2D eigenvalue weighted by molar-refractivity contribution is -0.123. The van der Waals surface area contributed by atoms with Crippen molar-refractivity contribution in [3.8, 4) is 0 Å². The number of hydrogen-bond donors (Lipinski definition) is 3. The zero-order valence-electron chi connectivity index (χ0n) is 26.6. The van der Waals surface area contributed by atoms with E-state index in [1.54, 1.807) is 6.08 Å². The van der Waals surface area contributed by atoms with E-state index in [4.69, 9.17) is 0 Å². The van der Waals surface area contributed by atoms with E-state index in [9.17, 15) is 15.0 Å². The lowest BCUT2D eigenvalue weighted by Crippen LogP contribution is -2.45. The first-order valence-electron chi connectivity index (χ1n) is 17.2. The fraction of sp³-hybridized carbons (Fsp3) is 0.806. The van der Waals surface area contributed by atoms with Crippen LogP contribution in [0.25, 0.3) is 0 Å². The predicted molar refractivity (Wildman–Crippen MR) is 175 cm³/mol. The normalized spacial score (nSPS) is 13.6. The van der Waals surface area contributed by atoms with Crippen molar-refractivity contribution in [3.63, 3.8) is 0 Å². The molecule has 4 heteroatoms. The van der Waals surface area contributed by atoms with Crippen molar-refractivity contribution >= 4 is 5.91 Å². The summed E-state index contributed by atoms with van der Waals surface area (Å²) in [6, 6.07) is -0.637. The minimum Gasteiger partial charge on any atom is -0.394 e. The molecule has 0 saturated heterocycles. The Morgan fingerprint density at radius 2 is 0.975 bits per heavy atom. The van der Waals surface area contributed by atoms with Gasteiger partial charge < -0.3 is 15.5 Å². The van der Waals surface area contributed by atoms with Gasteiger partial charge >= 0.3 is 0 Å². The molecular weight excluding hydrogens is 494 g/mol. The molecule has 0 fully saturated rings. The molecule has 0 rings (SSSR count). The highest BCUT2D eigenvalue weighted by Gasteiger charge is 2.17. The molecule has 0 spiro atoms. The summed E-state index contributed by atoms with van der Waals surface area (Å²) >= 11 is 0. The SMILES string of the molecule is CCCCCC/C=C\CCCCCCCCCC(=O)NC(CO)C(O)/C=C/CC/C=C/CCCCCCCCC. The highest BCUT2D eigenvalue weighted by Crippen LogP contribution is 2.12. The van der Waals surface area contributed by atoms with Crippen molar-refractivity contribution in [1.82, 2.24) is 5.32 Å². The molecule has 3 N–H and O–H groups in total. The molecular formula is C36H67NO3. The van der Waals surface area contributed by atoms with Gasteiger partial charge in [0.05, 0.1) is 18.8 Å². The number of aliphatic hydroxyl groups excluding tert-OH is 2. The van der Waals surface area contributed by atoms with Gasteiger partial charge in [-0.15, -0.1) is 0 Å². The third-order valence-corrected chi connectivity index (χ3v) is 7.60. The molecule has 0 radical (unpaired) electrons. The van der Waals surface area contributed by atoms with E-state index in [-0.39, 0.29) is 12.5 Å². The van der Waals surface area contributed by atoms with E-state index in [2.05, 4.69) is 43.5 Å². The Morgan fingerprint density at radius 1 is 0.575 bits per heavy atom. The molecule has 0 aromatic heterocycles. The average Bonchev–Trinajstić information content (AvgIpc) is 2.96. The minimum atomic E-state index is -0.860. The number of amides is 1. The van der Waals surface area contributed by atoms with E-state index in [1.807, 2.05) is 6.08 Å². The quantitative estimate of drug-likeness (QED) is 0.0603. The van der Waals surface area contributed by atoms with Crippen LogP contribution in [0.5, 0.6) is 0 Å². The van der Waals surface area contributed by atoms with Gasteiger partial charge in [0.25, 0.3) is 0 Å². The zero-order valence-corrected chi connectivity index (χ0v) is 26.6. The standard InChI is InChI=1S/C36H67NO3/c1-3-5-7-9-11-13-15-17-18-20-22-24-26-28-30-32-36(40)37-34(33-38)35(39)31-29-27-25-23-21-19-16-14-12-10-8-6-4-2/h13,15,21,23,29,31,34-35,38-39H,3-12,14,16-20,22,24-28,30,32-33H2,1-2H3,(H,37,40)/b15-13-,23-21+,31-29+. The summed E-state index contributed by atoms with van der Waals surface area (Å²) in [6.45, 7) is 4.25. The molecule has 0 bridgehead atoms. The van der Waals surface area contributed by atoms with E-state index in [0.717, 1.165) is 32.1 Å². The average molecular weight is 562 g/mol. The number of carbonyl (C=O) groups is 1. The van der Waals surface area contributed by atoms with Crippen molar-refractivity contribution in [2.24, 2.45) is 0 Å². The first kappa shape index (κ1) is 38.6. The third-order valence-electron chi connectivity index (χ3n) is 7.60. The fourth-order valence-electron chi connectivity index (χ4n) is 4.89. The van der Waals surface area contributed by atoms with Crippen LogP contribution >= 0.6 is 0 Å². The maximum atomic E-state index is 12.3. The Hall–Kier alpha value is -1.39. The van der Waals surface area contributed by atoms with Gasteiger partial charge in [0.15, 0.2) is 0 Å². The summed E-state index contributed by atoms with van der Waals surface area (Å²) in [6.07, 6.45) is 40.7. The van der Waals surface area contributed by atoms with Gasteiger partial charge in [-0.25, -0.2) is 0 Å². The second-order valence-corrected chi connectivity index (χ2v) is 11.6. The van der Waals surface area contributed by atoms with Crippen molar-refractivity contribution in [2.75, 3.05) is 6.61 Å². The number of aliphatic hydroxyl groups is 2. The van der Waals surface area contributed by atoms with E-state index in [0.29, 0.717) is 6.42 Å². The number of allylic oxidation sites excluding steroid dienone is 5. The topological polar surface area (TPSA) is 69.6 Å². The summed E-state index contributed by atoms with van der Waals surface area (Å²) in [7, 11) is 0. The molecule has 0 aliphatic carbocycles. The molecule has 0 aromatic rings. The van der Waals surface area contributed by atoms with Crippen LogP contribution in [0.4, 0.5) is 0 Å². The van der Waals surface area contributed by atoms with Crippen LogP contribution in [0.3, 0.4) is 0 Å². The van der Waals surface area contributed by atoms with Gasteiger partial charge in [0, 0.05) is 6.42 Å². The number of unbranched alkanes of at least 4 members (excludes halogenated alkanes) is 19. The first-order valence-corrected chi connectivity index (χ1v) is 17.2. The summed E-state index contributed by atoms with van der Waals surface area (Å²) < 4.78 is 0. The Morgan fingerprint density at radius 3 is 1.48 bits per heavy atom. The highest BCUT2D eigenvalue weighted by molar-refractivity contribution is 5.76. The number of nitrogens with one attached hydrogen (secondary N) is 1. The van der Waals surface area contributed by atoms with Crippen LogP contribution in [0.15, 0.2) is 36.5 Å². The van der Waals surface area contributed by atoms with Crippen LogP contribution < -0.4 is 5.32 Å². The summed E-state index contributed by atoms with van der Waals surface area (Å²) in [4.78, 5) is 12.3. The predicted octanol–water partition coefficient (Wildman–Crippen LogP) is 9.90. The molecule has 1 amide bonds.